The number of esters is 1. The van der Waals surface area contributed by atoms with Gasteiger partial charge in [0.25, 0.3) is 0 Å². The number of aliphatic hydroxyl groups excluding tert-OH is 1. The number of hydrogen-bond acceptors (Lipinski definition) is 7. The Balaban J connectivity index is 0.000000288. The number of ketones is 2. The zero-order valence-corrected chi connectivity index (χ0v) is 47.8. The summed E-state index contributed by atoms with van der Waals surface area (Å²) < 4.78 is 16.6. The predicted molar refractivity (Wildman–Crippen MR) is 289 cm³/mol. The van der Waals surface area contributed by atoms with E-state index in [4.69, 9.17) is 13.9 Å². The van der Waals surface area contributed by atoms with Gasteiger partial charge in [0.2, 0.25) is 0 Å². The highest BCUT2D eigenvalue weighted by Crippen LogP contribution is 2.46. The molecule has 0 amide bonds. The molecule has 1 aromatic rings. The number of aryl methyl sites for hydroxylation is 1. The second kappa shape index (κ2) is 29.4. The van der Waals surface area contributed by atoms with Crippen molar-refractivity contribution in [1.29, 1.82) is 0 Å². The highest BCUT2D eigenvalue weighted by molar-refractivity contribution is 5.96. The number of furan rings is 1. The van der Waals surface area contributed by atoms with Gasteiger partial charge in [0.1, 0.15) is 17.6 Å². The SMILES string of the molecule is CC(=O)OC1CC(C)CCC1C(C)C.CC(C)=C1CCC(C)CC1=O.CC1CCC(C(C)C)C(=O)C1.CC1CCC(C(C)C)C(O)C1.CC1CCC2(CC1)OCC2C.Cc1coc2c1CCC(C)C2.[HH]. The molecule has 7 heteroatoms. The van der Waals surface area contributed by atoms with Crippen LogP contribution in [0.25, 0.3) is 0 Å². The maximum absolute atomic E-state index is 11.4. The Bertz CT molecular complexity index is 1710. The predicted octanol–water partition coefficient (Wildman–Crippen LogP) is 16.4. The van der Waals surface area contributed by atoms with E-state index in [2.05, 4.69) is 96.9 Å². The van der Waals surface area contributed by atoms with Crippen molar-refractivity contribution in [2.24, 2.45) is 76.9 Å². The number of carbonyl (C=O) groups excluding carboxylic acids is 3. The quantitative estimate of drug-likeness (QED) is 0.237. The van der Waals surface area contributed by atoms with Crippen LogP contribution in [0, 0.1) is 83.9 Å². The zero-order chi connectivity index (χ0) is 51.7. The largest absolute Gasteiger partial charge is 0.469 e. The van der Waals surface area contributed by atoms with Crippen molar-refractivity contribution < 1.29 is 34.8 Å². The van der Waals surface area contributed by atoms with E-state index in [1.807, 2.05) is 20.1 Å². The topological polar surface area (TPSA) is 103 Å². The van der Waals surface area contributed by atoms with Gasteiger partial charge in [-0.1, -0.05) is 108 Å². The fourth-order valence-electron chi connectivity index (χ4n) is 12.4. The monoisotopic (exact) mass is 967 g/mol. The van der Waals surface area contributed by atoms with Crippen LogP contribution in [-0.2, 0) is 36.7 Å². The van der Waals surface area contributed by atoms with Gasteiger partial charge in [0.15, 0.2) is 5.78 Å². The summed E-state index contributed by atoms with van der Waals surface area (Å²) in [7, 11) is 0. The Hall–Kier alpha value is -2.25. The van der Waals surface area contributed by atoms with Gasteiger partial charge in [-0.3, -0.25) is 14.4 Å². The summed E-state index contributed by atoms with van der Waals surface area (Å²) in [6.45, 7) is 37.7. The summed E-state index contributed by atoms with van der Waals surface area (Å²) in [6.07, 6.45) is 24.3. The minimum atomic E-state index is -0.130. The summed E-state index contributed by atoms with van der Waals surface area (Å²) in [5, 5.41) is 9.71. The van der Waals surface area contributed by atoms with Gasteiger partial charge in [-0.25, -0.2) is 0 Å². The first-order chi connectivity index (χ1) is 32.3. The third kappa shape index (κ3) is 19.9. The van der Waals surface area contributed by atoms with Crippen LogP contribution in [-0.4, -0.2) is 47.1 Å². The van der Waals surface area contributed by atoms with Crippen molar-refractivity contribution in [3.8, 4) is 0 Å². The van der Waals surface area contributed by atoms with Crippen LogP contribution in [0.2, 0.25) is 0 Å². The number of hydrogen-bond donors (Lipinski definition) is 1. The molecular weight excluding hydrogens is 857 g/mol. The maximum Gasteiger partial charge on any atom is 0.302 e. The van der Waals surface area contributed by atoms with Crippen LogP contribution >= 0.6 is 0 Å². The molecule has 0 bridgehead atoms. The highest BCUT2D eigenvalue weighted by atomic mass is 16.5. The summed E-state index contributed by atoms with van der Waals surface area (Å²) in [5.74, 6) is 10.6. The molecule has 5 saturated carbocycles. The van der Waals surface area contributed by atoms with Gasteiger partial charge in [-0.2, -0.15) is 0 Å². The smallest absolute Gasteiger partial charge is 0.302 e. The lowest BCUT2D eigenvalue weighted by molar-refractivity contribution is -0.216. The van der Waals surface area contributed by atoms with E-state index in [0.717, 1.165) is 80.8 Å². The molecule has 1 spiro atoms. The van der Waals surface area contributed by atoms with Crippen molar-refractivity contribution in [1.82, 2.24) is 0 Å². The van der Waals surface area contributed by atoms with Gasteiger partial charge in [0.05, 0.1) is 24.6 Å². The first-order valence-electron chi connectivity index (χ1n) is 28.6. The molecule has 11 unspecified atom stereocenters. The molecule has 1 aliphatic heterocycles. The van der Waals surface area contributed by atoms with Crippen molar-refractivity contribution in [2.45, 2.75) is 258 Å². The third-order valence-electron chi connectivity index (χ3n) is 17.6. The fourth-order valence-corrected chi connectivity index (χ4v) is 12.4. The molecule has 8 rings (SSSR count). The van der Waals surface area contributed by atoms with Gasteiger partial charge in [-0.15, -0.1) is 0 Å². The minimum Gasteiger partial charge on any atom is -0.469 e. The summed E-state index contributed by atoms with van der Waals surface area (Å²) in [4.78, 5) is 33.8. The van der Waals surface area contributed by atoms with Gasteiger partial charge in [0, 0.05) is 39.4 Å². The molecule has 0 radical (unpaired) electrons. The van der Waals surface area contributed by atoms with Gasteiger partial charge >= 0.3 is 5.97 Å². The number of carbonyl (C=O) groups is 3. The van der Waals surface area contributed by atoms with E-state index in [9.17, 15) is 19.5 Å². The van der Waals surface area contributed by atoms with Crippen LogP contribution < -0.4 is 0 Å². The molecule has 69 heavy (non-hydrogen) atoms. The van der Waals surface area contributed by atoms with E-state index < -0.39 is 0 Å². The lowest BCUT2D eigenvalue weighted by Gasteiger charge is -2.51. The maximum atomic E-state index is 11.4. The Labute approximate surface area is 426 Å². The molecule has 6 fully saturated rings. The molecule has 2 heterocycles. The number of aliphatic hydroxyl groups is 1. The van der Waals surface area contributed by atoms with Crippen LogP contribution in [0.15, 0.2) is 21.8 Å². The third-order valence-corrected chi connectivity index (χ3v) is 17.6. The number of Topliss-reactive ketones (excluding diaryl/α,β-unsaturated/α-hetero) is 2. The lowest BCUT2D eigenvalue weighted by atomic mass is 9.70. The Kier molecular flexibility index (Phi) is 26.1. The van der Waals surface area contributed by atoms with Gasteiger partial charge in [-0.05, 0) is 192 Å². The molecule has 6 aliphatic carbocycles. The van der Waals surface area contributed by atoms with E-state index >= 15 is 0 Å². The molecule has 11 atom stereocenters. The van der Waals surface area contributed by atoms with Gasteiger partial charge < -0.3 is 19.0 Å². The van der Waals surface area contributed by atoms with Crippen LogP contribution in [0.5, 0.6) is 0 Å². The summed E-state index contributed by atoms with van der Waals surface area (Å²) in [5.41, 5.74) is 5.45. The van der Waals surface area contributed by atoms with Crippen LogP contribution in [0.3, 0.4) is 0 Å². The molecule has 1 aromatic heterocycles. The van der Waals surface area contributed by atoms with E-state index in [1.54, 1.807) is 0 Å². The van der Waals surface area contributed by atoms with E-state index in [-0.39, 0.29) is 19.6 Å². The normalized spacial score (nSPS) is 34.1. The Morgan fingerprint density at radius 1 is 0.667 bits per heavy atom. The highest BCUT2D eigenvalue weighted by Gasteiger charge is 2.46. The Morgan fingerprint density at radius 3 is 1.71 bits per heavy atom. The van der Waals surface area contributed by atoms with E-state index in [1.165, 1.54) is 106 Å². The van der Waals surface area contributed by atoms with E-state index in [0.29, 0.717) is 70.4 Å². The van der Waals surface area contributed by atoms with Crippen molar-refractivity contribution >= 4 is 17.5 Å². The average molecular weight is 968 g/mol. The molecule has 7 aliphatic rings. The summed E-state index contributed by atoms with van der Waals surface area (Å²) in [6, 6.07) is 0. The number of fused-ring (bicyclic) bond motifs is 1. The second-order valence-corrected chi connectivity index (χ2v) is 25.4. The standard InChI is InChI=1S/C12H22O2.C10H18O.C10H14O.C10H20O.C10H18O.C10H16O.H2/c1-8(2)11-6-5-9(3)7-12(11)14-10(4)13;1-8-3-5-10(6-4-8)9(2)7-11-10;1-7-3-4-9-8(2)6-11-10(9)5-7;3*1-7(2)9-5-4-8(3)6-10(9)11;/h8-9,11-12H,5-7H2,1-4H3;8-9H,3-7H2,1-2H3;6-7H,3-5H2,1-2H3;7-11H,4-6H2,1-3H3;7-9H,4-6H2,1-3H3;8H,4-6H2,1-3H3;1H. The van der Waals surface area contributed by atoms with Crippen molar-refractivity contribution in [2.75, 3.05) is 6.61 Å². The Morgan fingerprint density at radius 2 is 1.22 bits per heavy atom. The van der Waals surface area contributed by atoms with Crippen LogP contribution in [0.4, 0.5) is 0 Å². The molecule has 1 N–H and O–H groups in total. The molecular formula is C62H110O7. The number of allylic oxidation sites excluding steroid dienone is 2. The second-order valence-electron chi connectivity index (χ2n) is 25.4. The van der Waals surface area contributed by atoms with Crippen molar-refractivity contribution in [3.05, 3.63) is 34.3 Å². The molecule has 400 valence electrons. The number of rotatable bonds is 4. The first-order valence-corrected chi connectivity index (χ1v) is 28.6. The lowest BCUT2D eigenvalue weighted by Crippen LogP contribution is -2.53. The fraction of sp³-hybridized carbons (Fsp3) is 0.855. The first kappa shape index (κ1) is 61.1. The average Bonchev–Trinajstić information content (AvgIpc) is 3.62. The molecule has 7 nitrogen and oxygen atoms in total. The van der Waals surface area contributed by atoms with Crippen LogP contribution in [0.1, 0.15) is 238 Å². The zero-order valence-electron chi connectivity index (χ0n) is 47.8. The number of ether oxygens (including phenoxy) is 2. The molecule has 0 aromatic carbocycles. The van der Waals surface area contributed by atoms with Crippen molar-refractivity contribution in [3.63, 3.8) is 0 Å². The summed E-state index contributed by atoms with van der Waals surface area (Å²) >= 11 is 0. The minimum absolute atomic E-state index is 0. The molecule has 1 saturated heterocycles.